The van der Waals surface area contributed by atoms with Crippen molar-refractivity contribution in [1.82, 2.24) is 29.8 Å². The molecule has 4 heterocycles. The van der Waals surface area contributed by atoms with Crippen molar-refractivity contribution in [2.75, 3.05) is 29.9 Å². The maximum absolute atomic E-state index is 4.78. The van der Waals surface area contributed by atoms with Crippen molar-refractivity contribution in [3.63, 3.8) is 0 Å². The SMILES string of the molecule is Cc1nccc(N(C)C2CN(c3ccc4nnc(C(C)(C)C)n4n3)C2)n1. The Balaban J connectivity index is 1.52. The average molecular weight is 352 g/mol. The van der Waals surface area contributed by atoms with Crippen LogP contribution in [0.5, 0.6) is 0 Å². The quantitative estimate of drug-likeness (QED) is 0.712. The largest absolute Gasteiger partial charge is 0.353 e. The van der Waals surface area contributed by atoms with E-state index in [1.165, 1.54) is 0 Å². The molecule has 1 saturated heterocycles. The second-order valence-corrected chi connectivity index (χ2v) is 7.87. The molecule has 0 unspecified atom stereocenters. The highest BCUT2D eigenvalue weighted by Crippen LogP contribution is 2.26. The first-order chi connectivity index (χ1) is 12.3. The van der Waals surface area contributed by atoms with E-state index in [1.54, 1.807) is 6.20 Å². The summed E-state index contributed by atoms with van der Waals surface area (Å²) >= 11 is 0. The second kappa shape index (κ2) is 5.89. The molecule has 3 aromatic heterocycles. The molecule has 8 nitrogen and oxygen atoms in total. The first-order valence-electron chi connectivity index (χ1n) is 8.83. The van der Waals surface area contributed by atoms with Gasteiger partial charge in [-0.15, -0.1) is 15.3 Å². The van der Waals surface area contributed by atoms with Gasteiger partial charge in [0, 0.05) is 31.7 Å². The average Bonchev–Trinajstić information content (AvgIpc) is 2.97. The van der Waals surface area contributed by atoms with Crippen LogP contribution in [0, 0.1) is 6.92 Å². The molecule has 0 aliphatic carbocycles. The first kappa shape index (κ1) is 16.7. The number of likely N-dealkylation sites (N-methyl/N-ethyl adjacent to an activating group) is 1. The predicted molar refractivity (Wildman–Crippen MR) is 101 cm³/mol. The minimum absolute atomic E-state index is 0.104. The fraction of sp³-hybridized carbons (Fsp3) is 0.500. The zero-order valence-corrected chi connectivity index (χ0v) is 15.9. The fourth-order valence-corrected chi connectivity index (χ4v) is 3.13. The minimum Gasteiger partial charge on any atom is -0.353 e. The predicted octanol–water partition coefficient (Wildman–Crippen LogP) is 1.85. The highest BCUT2D eigenvalue weighted by atomic mass is 15.4. The molecule has 0 atom stereocenters. The third-order valence-corrected chi connectivity index (χ3v) is 4.78. The molecule has 0 aromatic carbocycles. The molecule has 1 aliphatic rings. The number of fused-ring (bicyclic) bond motifs is 1. The first-order valence-corrected chi connectivity index (χ1v) is 8.83. The molecular formula is C18H24N8. The Morgan fingerprint density at radius 2 is 1.88 bits per heavy atom. The van der Waals surface area contributed by atoms with Gasteiger partial charge in [0.15, 0.2) is 11.5 Å². The number of aryl methyl sites for hydroxylation is 1. The van der Waals surface area contributed by atoms with E-state index >= 15 is 0 Å². The van der Waals surface area contributed by atoms with Gasteiger partial charge in [0.25, 0.3) is 0 Å². The van der Waals surface area contributed by atoms with Crippen molar-refractivity contribution in [2.45, 2.75) is 39.2 Å². The number of nitrogens with zero attached hydrogens (tertiary/aromatic N) is 8. The van der Waals surface area contributed by atoms with Crippen LogP contribution in [0.15, 0.2) is 24.4 Å². The summed E-state index contributed by atoms with van der Waals surface area (Å²) in [6.07, 6.45) is 1.81. The van der Waals surface area contributed by atoms with E-state index in [9.17, 15) is 0 Å². The van der Waals surface area contributed by atoms with E-state index in [0.717, 1.165) is 42.0 Å². The fourth-order valence-electron chi connectivity index (χ4n) is 3.13. The lowest BCUT2D eigenvalue weighted by molar-refractivity contribution is 0.482. The van der Waals surface area contributed by atoms with E-state index in [1.807, 2.05) is 29.6 Å². The Labute approximate surface area is 152 Å². The molecule has 0 bridgehead atoms. The summed E-state index contributed by atoms with van der Waals surface area (Å²) in [5.74, 6) is 3.57. The summed E-state index contributed by atoms with van der Waals surface area (Å²) in [5.41, 5.74) is 0.678. The Kier molecular flexibility index (Phi) is 3.78. The lowest BCUT2D eigenvalue weighted by Gasteiger charge is -2.45. The molecule has 0 radical (unpaired) electrons. The number of hydrogen-bond acceptors (Lipinski definition) is 7. The van der Waals surface area contributed by atoms with E-state index in [4.69, 9.17) is 5.10 Å². The molecule has 0 spiro atoms. The lowest BCUT2D eigenvalue weighted by Crippen LogP contribution is -2.59. The van der Waals surface area contributed by atoms with Crippen LogP contribution in [-0.2, 0) is 5.41 Å². The molecule has 1 fully saturated rings. The number of anilines is 2. The van der Waals surface area contributed by atoms with Gasteiger partial charge in [-0.1, -0.05) is 20.8 Å². The molecule has 0 amide bonds. The maximum Gasteiger partial charge on any atom is 0.178 e. The molecule has 0 N–H and O–H groups in total. The lowest BCUT2D eigenvalue weighted by atomic mass is 9.96. The molecule has 1 aliphatic heterocycles. The highest BCUT2D eigenvalue weighted by Gasteiger charge is 2.32. The van der Waals surface area contributed by atoms with Crippen molar-refractivity contribution in [3.05, 3.63) is 36.0 Å². The zero-order chi connectivity index (χ0) is 18.5. The van der Waals surface area contributed by atoms with Gasteiger partial charge >= 0.3 is 0 Å². The Morgan fingerprint density at radius 3 is 2.58 bits per heavy atom. The van der Waals surface area contributed by atoms with E-state index in [2.05, 4.69) is 57.8 Å². The third-order valence-electron chi connectivity index (χ3n) is 4.78. The van der Waals surface area contributed by atoms with Crippen LogP contribution in [-0.4, -0.2) is 56.0 Å². The molecule has 8 heteroatoms. The van der Waals surface area contributed by atoms with Crippen LogP contribution in [0.1, 0.15) is 32.4 Å². The maximum atomic E-state index is 4.78. The molecule has 26 heavy (non-hydrogen) atoms. The minimum atomic E-state index is -0.104. The molecule has 136 valence electrons. The number of rotatable bonds is 3. The van der Waals surface area contributed by atoms with E-state index < -0.39 is 0 Å². The van der Waals surface area contributed by atoms with Crippen LogP contribution in [0.4, 0.5) is 11.6 Å². The summed E-state index contributed by atoms with van der Waals surface area (Å²) in [7, 11) is 2.08. The van der Waals surface area contributed by atoms with Crippen molar-refractivity contribution in [1.29, 1.82) is 0 Å². The van der Waals surface area contributed by atoms with E-state index in [-0.39, 0.29) is 5.41 Å². The topological polar surface area (TPSA) is 75.3 Å². The summed E-state index contributed by atoms with van der Waals surface area (Å²) in [4.78, 5) is 13.1. The van der Waals surface area contributed by atoms with Gasteiger partial charge in [-0.2, -0.15) is 4.52 Å². The molecule has 4 rings (SSSR count). The Bertz CT molecular complexity index is 936. The Hall–Kier alpha value is -2.77. The summed E-state index contributed by atoms with van der Waals surface area (Å²) in [5, 5.41) is 13.3. The van der Waals surface area contributed by atoms with Gasteiger partial charge in [0.05, 0.1) is 6.04 Å². The smallest absolute Gasteiger partial charge is 0.178 e. The van der Waals surface area contributed by atoms with Crippen molar-refractivity contribution >= 4 is 17.3 Å². The number of aromatic nitrogens is 6. The van der Waals surface area contributed by atoms with Crippen LogP contribution in [0.2, 0.25) is 0 Å². The summed E-state index contributed by atoms with van der Waals surface area (Å²) in [6, 6.07) is 6.36. The van der Waals surface area contributed by atoms with Gasteiger partial charge in [0.2, 0.25) is 0 Å². The summed E-state index contributed by atoms with van der Waals surface area (Å²) in [6.45, 7) is 10.1. The second-order valence-electron chi connectivity index (χ2n) is 7.87. The molecule has 0 saturated carbocycles. The Morgan fingerprint density at radius 1 is 1.12 bits per heavy atom. The van der Waals surface area contributed by atoms with Gasteiger partial charge in [0.1, 0.15) is 17.5 Å². The number of hydrogen-bond donors (Lipinski definition) is 0. The van der Waals surface area contributed by atoms with Crippen LogP contribution in [0.3, 0.4) is 0 Å². The van der Waals surface area contributed by atoms with Crippen molar-refractivity contribution < 1.29 is 0 Å². The van der Waals surface area contributed by atoms with Gasteiger partial charge in [-0.25, -0.2) is 9.97 Å². The molecule has 3 aromatic rings. The third kappa shape index (κ3) is 2.85. The van der Waals surface area contributed by atoms with Crippen molar-refractivity contribution in [2.24, 2.45) is 0 Å². The molecular weight excluding hydrogens is 328 g/mol. The standard InChI is InChI=1S/C18H24N8/c1-12-19-9-8-14(20-12)24(5)13-10-25(11-13)16-7-6-15-21-22-17(18(2,3)4)26(15)23-16/h6-9,13H,10-11H2,1-5H3. The van der Waals surface area contributed by atoms with Gasteiger partial charge < -0.3 is 9.80 Å². The zero-order valence-electron chi connectivity index (χ0n) is 15.9. The van der Waals surface area contributed by atoms with Crippen LogP contribution < -0.4 is 9.80 Å². The van der Waals surface area contributed by atoms with Gasteiger partial charge in [-0.05, 0) is 25.1 Å². The van der Waals surface area contributed by atoms with Crippen LogP contribution in [0.25, 0.3) is 5.65 Å². The van der Waals surface area contributed by atoms with Gasteiger partial charge in [-0.3, -0.25) is 0 Å². The summed E-state index contributed by atoms with van der Waals surface area (Å²) < 4.78 is 1.86. The van der Waals surface area contributed by atoms with E-state index in [0.29, 0.717) is 6.04 Å². The van der Waals surface area contributed by atoms with Crippen LogP contribution >= 0.6 is 0 Å². The monoisotopic (exact) mass is 352 g/mol. The van der Waals surface area contributed by atoms with Crippen molar-refractivity contribution in [3.8, 4) is 0 Å². The normalized spacial score (nSPS) is 15.3. The highest BCUT2D eigenvalue weighted by molar-refractivity contribution is 5.50.